The van der Waals surface area contributed by atoms with E-state index in [0.717, 1.165) is 34.3 Å². The van der Waals surface area contributed by atoms with Crippen molar-refractivity contribution in [3.8, 4) is 22.8 Å². The maximum Gasteiger partial charge on any atom is 0.573 e. The Morgan fingerprint density at radius 3 is 2.37 bits per heavy atom. The molecule has 0 aliphatic carbocycles. The standard InChI is InChI=1S/C30H28F3N5O2S/c1-19-16-20(2)27(21(3)17-19)37-14-15-41-29(37)35-26(39)13-6-22-4-7-23(8-5-22)28-34-18-38(36-28)24-9-11-25(12-10-24)40-30(31,32)33/h4-5,7-12,16-18H,6,13-15H2,1-3H3. The molecule has 0 bridgehead atoms. The average Bonchev–Trinajstić information content (AvgIpc) is 3.57. The molecule has 0 atom stereocenters. The molecule has 4 aromatic rings. The van der Waals surface area contributed by atoms with Crippen molar-refractivity contribution < 1.29 is 22.7 Å². The third-order valence-electron chi connectivity index (χ3n) is 6.57. The Morgan fingerprint density at radius 2 is 1.71 bits per heavy atom. The molecule has 1 amide bonds. The van der Waals surface area contributed by atoms with E-state index in [1.807, 2.05) is 24.3 Å². The van der Waals surface area contributed by atoms with Gasteiger partial charge in [0.25, 0.3) is 0 Å². The maximum absolute atomic E-state index is 12.8. The summed E-state index contributed by atoms with van der Waals surface area (Å²) in [5.41, 5.74) is 7.01. The number of alkyl halides is 3. The zero-order chi connectivity index (χ0) is 29.1. The van der Waals surface area contributed by atoms with Crippen LogP contribution in [0.2, 0.25) is 0 Å². The predicted molar refractivity (Wildman–Crippen MR) is 155 cm³/mol. The summed E-state index contributed by atoms with van der Waals surface area (Å²) in [7, 11) is 0. The molecule has 5 rings (SSSR count). The Balaban J connectivity index is 1.20. The molecule has 0 saturated carbocycles. The van der Waals surface area contributed by atoms with Gasteiger partial charge in [0.2, 0.25) is 5.91 Å². The Morgan fingerprint density at radius 1 is 1.02 bits per heavy atom. The van der Waals surface area contributed by atoms with E-state index < -0.39 is 6.36 Å². The number of halogens is 3. The third kappa shape index (κ3) is 6.97. The van der Waals surface area contributed by atoms with E-state index in [2.05, 4.69) is 57.6 Å². The van der Waals surface area contributed by atoms with E-state index in [4.69, 9.17) is 0 Å². The highest BCUT2D eigenvalue weighted by Crippen LogP contribution is 2.32. The zero-order valence-electron chi connectivity index (χ0n) is 22.8. The molecule has 11 heteroatoms. The van der Waals surface area contributed by atoms with Crippen LogP contribution in [0.15, 0.2) is 72.0 Å². The molecular weight excluding hydrogens is 551 g/mol. The summed E-state index contributed by atoms with van der Waals surface area (Å²) in [6.45, 7) is 7.09. The van der Waals surface area contributed by atoms with E-state index in [9.17, 15) is 18.0 Å². The molecule has 1 aliphatic heterocycles. The minimum absolute atomic E-state index is 0.155. The predicted octanol–water partition coefficient (Wildman–Crippen LogP) is 6.83. The van der Waals surface area contributed by atoms with Crippen molar-refractivity contribution in [3.05, 3.63) is 89.2 Å². The van der Waals surface area contributed by atoms with Gasteiger partial charge in [-0.25, -0.2) is 9.67 Å². The quantitative estimate of drug-likeness (QED) is 0.239. The normalized spacial score (nSPS) is 14.6. The molecule has 3 aromatic carbocycles. The summed E-state index contributed by atoms with van der Waals surface area (Å²) in [4.78, 5) is 23.7. The number of nitrogens with zero attached hydrogens (tertiary/aromatic N) is 5. The van der Waals surface area contributed by atoms with Crippen molar-refractivity contribution in [2.45, 2.75) is 40.0 Å². The summed E-state index contributed by atoms with van der Waals surface area (Å²) >= 11 is 1.61. The number of amides is 1. The van der Waals surface area contributed by atoms with Gasteiger partial charge in [-0.1, -0.05) is 53.7 Å². The molecule has 1 aromatic heterocycles. The first-order valence-corrected chi connectivity index (χ1v) is 14.0. The van der Waals surface area contributed by atoms with Crippen LogP contribution in [0.4, 0.5) is 18.9 Å². The van der Waals surface area contributed by atoms with E-state index in [1.54, 1.807) is 11.8 Å². The fourth-order valence-corrected chi connectivity index (χ4v) is 5.82. The van der Waals surface area contributed by atoms with E-state index in [0.29, 0.717) is 24.4 Å². The maximum atomic E-state index is 12.8. The SMILES string of the molecule is Cc1cc(C)c(N2CCSC2=NC(=O)CCc2ccc(-c3ncn(-c4ccc(OC(F)(F)F)cc4)n3)cc2)c(C)c1. The minimum atomic E-state index is -4.74. The molecule has 1 aliphatic rings. The largest absolute Gasteiger partial charge is 0.573 e. The van der Waals surface area contributed by atoms with Crippen LogP contribution >= 0.6 is 11.8 Å². The number of aliphatic imine (C=N–C) groups is 1. The number of thioether (sulfide) groups is 1. The van der Waals surface area contributed by atoms with Gasteiger partial charge in [0.15, 0.2) is 11.0 Å². The van der Waals surface area contributed by atoms with Crippen LogP contribution in [0.1, 0.15) is 28.7 Å². The second-order valence-corrected chi connectivity index (χ2v) is 10.8. The van der Waals surface area contributed by atoms with Crippen molar-refractivity contribution in [1.82, 2.24) is 14.8 Å². The number of anilines is 1. The van der Waals surface area contributed by atoms with Crippen molar-refractivity contribution in [2.24, 2.45) is 4.99 Å². The summed E-state index contributed by atoms with van der Waals surface area (Å²) in [5.74, 6) is 0.896. The Labute approximate surface area is 240 Å². The average molecular weight is 580 g/mol. The van der Waals surface area contributed by atoms with Gasteiger partial charge >= 0.3 is 6.36 Å². The van der Waals surface area contributed by atoms with Crippen molar-refractivity contribution >= 4 is 28.5 Å². The lowest BCUT2D eigenvalue weighted by Gasteiger charge is -2.23. The lowest BCUT2D eigenvalue weighted by atomic mass is 10.0. The Bertz CT molecular complexity index is 1560. The molecule has 0 N–H and O–H groups in total. The number of aryl methyl sites for hydroxylation is 4. The van der Waals surface area contributed by atoms with Gasteiger partial charge < -0.3 is 9.64 Å². The van der Waals surface area contributed by atoms with E-state index in [1.165, 1.54) is 52.0 Å². The van der Waals surface area contributed by atoms with Crippen LogP contribution in [0.3, 0.4) is 0 Å². The highest BCUT2D eigenvalue weighted by atomic mass is 32.2. The molecule has 41 heavy (non-hydrogen) atoms. The number of rotatable bonds is 7. The van der Waals surface area contributed by atoms with Crippen molar-refractivity contribution in [3.63, 3.8) is 0 Å². The molecule has 0 spiro atoms. The van der Waals surface area contributed by atoms with Crippen molar-refractivity contribution in [1.29, 1.82) is 0 Å². The molecule has 1 saturated heterocycles. The monoisotopic (exact) mass is 579 g/mol. The zero-order valence-corrected chi connectivity index (χ0v) is 23.6. The fourth-order valence-electron chi connectivity index (χ4n) is 4.85. The Kier molecular flexibility index (Phi) is 8.16. The number of carbonyl (C=O) groups excluding carboxylic acids is 1. The Hall–Kier alpha value is -4.12. The first-order valence-electron chi connectivity index (χ1n) is 13.0. The molecule has 7 nitrogen and oxygen atoms in total. The second-order valence-electron chi connectivity index (χ2n) is 9.79. The minimum Gasteiger partial charge on any atom is -0.406 e. The fraction of sp³-hybridized carbons (Fsp3) is 0.267. The van der Waals surface area contributed by atoms with Gasteiger partial charge in [0, 0.05) is 30.0 Å². The highest BCUT2D eigenvalue weighted by molar-refractivity contribution is 8.14. The molecule has 1 fully saturated rings. The smallest absolute Gasteiger partial charge is 0.406 e. The van der Waals surface area contributed by atoms with Crippen LogP contribution in [0.25, 0.3) is 17.1 Å². The number of carbonyl (C=O) groups is 1. The van der Waals surface area contributed by atoms with E-state index in [-0.39, 0.29) is 11.7 Å². The van der Waals surface area contributed by atoms with Crippen LogP contribution in [-0.2, 0) is 11.2 Å². The summed E-state index contributed by atoms with van der Waals surface area (Å²) in [6.07, 6.45) is -2.41. The molecule has 0 unspecified atom stereocenters. The van der Waals surface area contributed by atoms with Crippen LogP contribution < -0.4 is 9.64 Å². The first-order chi connectivity index (χ1) is 19.6. The number of amidine groups is 1. The summed E-state index contributed by atoms with van der Waals surface area (Å²) in [6, 6.07) is 17.3. The topological polar surface area (TPSA) is 72.6 Å². The number of benzene rings is 3. The number of ether oxygens (including phenoxy) is 1. The van der Waals surface area contributed by atoms with Crippen molar-refractivity contribution in [2.75, 3.05) is 17.2 Å². The van der Waals surface area contributed by atoms with Gasteiger partial charge in [0.05, 0.1) is 5.69 Å². The number of hydrogen-bond donors (Lipinski definition) is 0. The van der Waals surface area contributed by atoms with Gasteiger partial charge in [0.1, 0.15) is 12.1 Å². The lowest BCUT2D eigenvalue weighted by molar-refractivity contribution is -0.274. The van der Waals surface area contributed by atoms with Gasteiger partial charge in [-0.15, -0.1) is 18.3 Å². The van der Waals surface area contributed by atoms with Crippen LogP contribution in [0.5, 0.6) is 5.75 Å². The van der Waals surface area contributed by atoms with Crippen LogP contribution in [-0.4, -0.2) is 44.5 Å². The molecular formula is C30H28F3N5O2S. The molecule has 2 heterocycles. The van der Waals surface area contributed by atoms with Crippen LogP contribution in [0, 0.1) is 20.8 Å². The number of hydrogen-bond acceptors (Lipinski definition) is 5. The number of aromatic nitrogens is 3. The highest BCUT2D eigenvalue weighted by Gasteiger charge is 2.31. The first kappa shape index (κ1) is 28.4. The molecule has 0 radical (unpaired) electrons. The summed E-state index contributed by atoms with van der Waals surface area (Å²) < 4.78 is 42.5. The van der Waals surface area contributed by atoms with Gasteiger partial charge in [-0.3, -0.25) is 4.79 Å². The van der Waals surface area contributed by atoms with Gasteiger partial charge in [-0.2, -0.15) is 4.99 Å². The summed E-state index contributed by atoms with van der Waals surface area (Å²) in [5, 5.41) is 5.18. The lowest BCUT2D eigenvalue weighted by Crippen LogP contribution is -2.26. The molecule has 212 valence electrons. The van der Waals surface area contributed by atoms with E-state index >= 15 is 0 Å². The van der Waals surface area contributed by atoms with Gasteiger partial charge in [-0.05, 0) is 68.1 Å². The second kappa shape index (κ2) is 11.8. The third-order valence-corrected chi connectivity index (χ3v) is 7.53.